The molecular weight excluding hydrogens is 398 g/mol. The summed E-state index contributed by atoms with van der Waals surface area (Å²) < 4.78 is 0. The van der Waals surface area contributed by atoms with Gasteiger partial charge in [0.05, 0.1) is 11.8 Å². The fraction of sp³-hybridized carbons (Fsp3) is 0.565. The van der Waals surface area contributed by atoms with Crippen LogP contribution in [0.5, 0.6) is 0 Å². The fourth-order valence-electron chi connectivity index (χ4n) is 6.22. The van der Waals surface area contributed by atoms with Crippen molar-refractivity contribution < 1.29 is 24.3 Å². The third-order valence-electron chi connectivity index (χ3n) is 7.60. The second kappa shape index (κ2) is 7.15. The predicted octanol–water partition coefficient (Wildman–Crippen LogP) is 1.91. The summed E-state index contributed by atoms with van der Waals surface area (Å²) in [5.74, 6) is -3.44. The van der Waals surface area contributed by atoms with Gasteiger partial charge in [-0.05, 0) is 31.7 Å². The number of aliphatic carboxylic acids is 1. The molecule has 4 atom stereocenters. The number of likely N-dealkylation sites (tertiary alicyclic amines) is 1. The molecule has 8 heteroatoms. The molecule has 0 radical (unpaired) electrons. The van der Waals surface area contributed by atoms with Gasteiger partial charge in [0.15, 0.2) is 0 Å². The lowest BCUT2D eigenvalue weighted by atomic mass is 9.76. The van der Waals surface area contributed by atoms with Crippen LogP contribution in [0.1, 0.15) is 56.1 Å². The van der Waals surface area contributed by atoms with E-state index in [0.29, 0.717) is 11.3 Å². The number of carboxylic acids is 1. The number of amides is 3. The molecule has 5 rings (SSSR count). The van der Waals surface area contributed by atoms with E-state index < -0.39 is 29.4 Å². The summed E-state index contributed by atoms with van der Waals surface area (Å²) in [5, 5.41) is 15.4. The third kappa shape index (κ3) is 2.77. The Morgan fingerprint density at radius 3 is 2.61 bits per heavy atom. The first-order valence-corrected chi connectivity index (χ1v) is 11.1. The molecule has 3 amide bonds. The molecule has 8 nitrogen and oxygen atoms in total. The largest absolute Gasteiger partial charge is 0.481 e. The van der Waals surface area contributed by atoms with Crippen LogP contribution in [0.4, 0.5) is 5.69 Å². The first-order valence-electron chi connectivity index (χ1n) is 11.1. The molecule has 1 spiro atoms. The van der Waals surface area contributed by atoms with Gasteiger partial charge in [-0.1, -0.05) is 37.5 Å². The summed E-state index contributed by atoms with van der Waals surface area (Å²) in [6.07, 6.45) is 4.69. The fourth-order valence-corrected chi connectivity index (χ4v) is 6.22. The maximum atomic E-state index is 13.8. The molecule has 1 aromatic rings. The number of nitrogens with zero attached hydrogens (tertiary/aromatic N) is 1. The lowest BCUT2D eigenvalue weighted by molar-refractivity contribution is -0.146. The van der Waals surface area contributed by atoms with E-state index >= 15 is 0 Å². The van der Waals surface area contributed by atoms with E-state index in [1.54, 1.807) is 0 Å². The Hall–Kier alpha value is -2.74. The molecule has 0 bridgehead atoms. The van der Waals surface area contributed by atoms with Gasteiger partial charge in [-0.15, -0.1) is 0 Å². The lowest BCUT2D eigenvalue weighted by Crippen LogP contribution is -2.54. The maximum Gasteiger partial charge on any atom is 0.303 e. The number of carboxylic acid groups (broad SMARTS) is 1. The van der Waals surface area contributed by atoms with Crippen LogP contribution in [0.25, 0.3) is 0 Å². The van der Waals surface area contributed by atoms with Crippen molar-refractivity contribution in [2.24, 2.45) is 11.8 Å². The molecule has 0 aromatic heterocycles. The molecule has 2 unspecified atom stereocenters. The Morgan fingerprint density at radius 2 is 1.90 bits per heavy atom. The molecule has 31 heavy (non-hydrogen) atoms. The van der Waals surface area contributed by atoms with Gasteiger partial charge in [0.1, 0.15) is 5.54 Å². The van der Waals surface area contributed by atoms with Gasteiger partial charge in [0.2, 0.25) is 17.7 Å². The van der Waals surface area contributed by atoms with Crippen molar-refractivity contribution in [3.63, 3.8) is 0 Å². The highest BCUT2D eigenvalue weighted by atomic mass is 16.4. The number of anilines is 1. The van der Waals surface area contributed by atoms with Crippen molar-refractivity contribution in [2.75, 3.05) is 5.32 Å². The summed E-state index contributed by atoms with van der Waals surface area (Å²) in [4.78, 5) is 53.4. The van der Waals surface area contributed by atoms with Gasteiger partial charge in [0, 0.05) is 29.8 Å². The van der Waals surface area contributed by atoms with Crippen molar-refractivity contribution in [3.05, 3.63) is 29.3 Å². The highest BCUT2D eigenvalue weighted by Gasteiger charge is 2.70. The van der Waals surface area contributed by atoms with Gasteiger partial charge in [-0.3, -0.25) is 29.4 Å². The van der Waals surface area contributed by atoms with Crippen molar-refractivity contribution in [3.8, 4) is 0 Å². The Kier molecular flexibility index (Phi) is 4.66. The Labute approximate surface area is 180 Å². The minimum atomic E-state index is -1.34. The number of imide groups is 1. The highest BCUT2D eigenvalue weighted by molar-refractivity contribution is 6.15. The van der Waals surface area contributed by atoms with Gasteiger partial charge in [-0.25, -0.2) is 0 Å². The molecule has 4 aliphatic rings. The van der Waals surface area contributed by atoms with Gasteiger partial charge < -0.3 is 10.4 Å². The second-order valence-corrected chi connectivity index (χ2v) is 9.28. The molecule has 1 aromatic carbocycles. The van der Waals surface area contributed by atoms with Crippen molar-refractivity contribution in [1.29, 1.82) is 0 Å². The van der Waals surface area contributed by atoms with E-state index in [2.05, 4.69) is 10.6 Å². The van der Waals surface area contributed by atoms with E-state index in [4.69, 9.17) is 0 Å². The third-order valence-corrected chi connectivity index (χ3v) is 7.60. The van der Waals surface area contributed by atoms with E-state index in [1.165, 1.54) is 4.90 Å². The molecule has 1 aliphatic carbocycles. The van der Waals surface area contributed by atoms with E-state index in [9.17, 15) is 24.3 Å². The van der Waals surface area contributed by atoms with Crippen LogP contribution in [-0.2, 0) is 24.7 Å². The Bertz CT molecular complexity index is 985. The van der Waals surface area contributed by atoms with Gasteiger partial charge in [-0.2, -0.15) is 0 Å². The van der Waals surface area contributed by atoms with Crippen LogP contribution < -0.4 is 10.6 Å². The number of nitrogens with one attached hydrogen (secondary N) is 2. The SMILES string of the molecule is Cc1cccc2c1NC(=O)C21NC(CCC(=O)O)[C@H]2C(=O)N(C3CCCCC3)C(=O)[C@H]21. The first-order chi connectivity index (χ1) is 14.9. The summed E-state index contributed by atoms with van der Waals surface area (Å²) in [6, 6.07) is 4.88. The Morgan fingerprint density at radius 1 is 1.16 bits per heavy atom. The molecule has 3 fully saturated rings. The lowest BCUT2D eigenvalue weighted by Gasteiger charge is -2.34. The number of aryl methyl sites for hydroxylation is 1. The van der Waals surface area contributed by atoms with Crippen LogP contribution in [0.15, 0.2) is 18.2 Å². The van der Waals surface area contributed by atoms with Crippen LogP contribution in [0.2, 0.25) is 0 Å². The zero-order valence-corrected chi connectivity index (χ0v) is 17.5. The zero-order valence-electron chi connectivity index (χ0n) is 17.5. The average molecular weight is 425 g/mol. The van der Waals surface area contributed by atoms with Crippen molar-refractivity contribution in [2.45, 2.75) is 69.5 Å². The minimum Gasteiger partial charge on any atom is -0.481 e. The molecular formula is C23H27N3O5. The van der Waals surface area contributed by atoms with Gasteiger partial charge in [0.25, 0.3) is 0 Å². The normalized spacial score (nSPS) is 32.5. The smallest absolute Gasteiger partial charge is 0.303 e. The average Bonchev–Trinajstić information content (AvgIpc) is 3.33. The monoisotopic (exact) mass is 425 g/mol. The maximum absolute atomic E-state index is 13.8. The molecule has 3 aliphatic heterocycles. The number of fused-ring (bicyclic) bond motifs is 4. The molecule has 1 saturated carbocycles. The van der Waals surface area contributed by atoms with E-state index in [1.807, 2.05) is 25.1 Å². The van der Waals surface area contributed by atoms with Crippen LogP contribution in [-0.4, -0.2) is 45.8 Å². The summed E-state index contributed by atoms with van der Waals surface area (Å²) in [7, 11) is 0. The predicted molar refractivity (Wildman–Crippen MR) is 111 cm³/mol. The number of benzene rings is 1. The number of carbonyl (C=O) groups excluding carboxylic acids is 3. The number of hydrogen-bond donors (Lipinski definition) is 3. The number of para-hydroxylation sites is 1. The summed E-state index contributed by atoms with van der Waals surface area (Å²) in [6.45, 7) is 1.89. The van der Waals surface area contributed by atoms with E-state index in [0.717, 1.165) is 37.7 Å². The van der Waals surface area contributed by atoms with Gasteiger partial charge >= 0.3 is 5.97 Å². The first kappa shape index (κ1) is 20.2. The van der Waals surface area contributed by atoms with E-state index in [-0.39, 0.29) is 36.6 Å². The molecule has 2 saturated heterocycles. The summed E-state index contributed by atoms with van der Waals surface area (Å²) in [5.41, 5.74) is 0.896. The highest BCUT2D eigenvalue weighted by Crippen LogP contribution is 2.54. The zero-order chi connectivity index (χ0) is 21.9. The van der Waals surface area contributed by atoms with Crippen LogP contribution in [0, 0.1) is 18.8 Å². The van der Waals surface area contributed by atoms with Crippen LogP contribution >= 0.6 is 0 Å². The Balaban J connectivity index is 1.61. The van der Waals surface area contributed by atoms with Crippen molar-refractivity contribution >= 4 is 29.4 Å². The summed E-state index contributed by atoms with van der Waals surface area (Å²) >= 11 is 0. The molecule has 3 heterocycles. The quantitative estimate of drug-likeness (QED) is 0.635. The topological polar surface area (TPSA) is 116 Å². The second-order valence-electron chi connectivity index (χ2n) is 9.28. The number of hydrogen-bond acceptors (Lipinski definition) is 5. The molecule has 3 N–H and O–H groups in total. The molecule has 164 valence electrons. The van der Waals surface area contributed by atoms with Crippen molar-refractivity contribution in [1.82, 2.24) is 10.2 Å². The van der Waals surface area contributed by atoms with Crippen LogP contribution in [0.3, 0.4) is 0 Å². The standard InChI is InChI=1S/C23H27N3O5/c1-12-6-5-9-14-19(12)24-22(31)23(14)18-17(15(25-23)10-11-16(27)28)20(29)26(21(18)30)13-7-3-2-4-8-13/h5-6,9,13,15,17-18,25H,2-4,7-8,10-11H2,1H3,(H,24,31)(H,27,28)/t15?,17-,18+,23?/m1/s1. The number of rotatable bonds is 4. The minimum absolute atomic E-state index is 0.127. The number of carbonyl (C=O) groups is 4.